The Bertz CT molecular complexity index is 640. The zero-order valence-electron chi connectivity index (χ0n) is 12.2. The van der Waals surface area contributed by atoms with E-state index in [0.29, 0.717) is 17.9 Å². The Labute approximate surface area is 130 Å². The summed E-state index contributed by atoms with van der Waals surface area (Å²) in [4.78, 5) is 12.5. The van der Waals surface area contributed by atoms with E-state index >= 15 is 0 Å². The Morgan fingerprint density at radius 3 is 2.71 bits per heavy atom. The molecule has 1 aromatic carbocycles. The number of carbonyl (C=O) groups is 1. The molecule has 2 rings (SSSR count). The molecule has 0 aromatic heterocycles. The molecule has 1 aliphatic heterocycles. The molecule has 4 nitrogen and oxygen atoms in total. The largest absolute Gasteiger partial charge is 0.352 e. The van der Waals surface area contributed by atoms with Crippen LogP contribution in [0.4, 0.5) is 0 Å². The van der Waals surface area contributed by atoms with Gasteiger partial charge < -0.3 is 5.32 Å². The van der Waals surface area contributed by atoms with Gasteiger partial charge in [-0.1, -0.05) is 23.7 Å². The fraction of sp³-hybridized carbons (Fsp3) is 0.533. The summed E-state index contributed by atoms with van der Waals surface area (Å²) in [6.45, 7) is 3.62. The van der Waals surface area contributed by atoms with E-state index in [0.717, 1.165) is 5.56 Å². The second kappa shape index (κ2) is 5.97. The molecule has 1 amide bonds. The molecule has 0 aliphatic carbocycles. The first kappa shape index (κ1) is 16.3. The monoisotopic (exact) mass is 329 g/mol. The molecule has 21 heavy (non-hydrogen) atoms. The molecule has 0 saturated carbocycles. The zero-order valence-corrected chi connectivity index (χ0v) is 13.8. The van der Waals surface area contributed by atoms with Crippen LogP contribution in [0, 0.1) is 0 Å². The molecule has 0 spiro atoms. The summed E-state index contributed by atoms with van der Waals surface area (Å²) in [6, 6.07) is 6.88. The summed E-state index contributed by atoms with van der Waals surface area (Å²) in [6.07, 6.45) is 1.31. The molecule has 1 aliphatic rings. The molecule has 1 atom stereocenters. The number of amides is 1. The van der Waals surface area contributed by atoms with Gasteiger partial charge in [-0.2, -0.15) is 0 Å². The molecular formula is C15H20ClNO3S. The number of benzene rings is 1. The van der Waals surface area contributed by atoms with Gasteiger partial charge in [0.2, 0.25) is 5.91 Å². The fourth-order valence-electron chi connectivity index (χ4n) is 2.51. The van der Waals surface area contributed by atoms with E-state index in [1.807, 2.05) is 19.9 Å². The van der Waals surface area contributed by atoms with E-state index in [2.05, 4.69) is 5.32 Å². The number of hydrogen-bond donors (Lipinski definition) is 1. The number of carbonyl (C=O) groups excluding carboxylic acids is 1. The van der Waals surface area contributed by atoms with Gasteiger partial charge in [-0.15, -0.1) is 0 Å². The number of rotatable bonds is 3. The Morgan fingerprint density at radius 1 is 1.38 bits per heavy atom. The van der Waals surface area contributed by atoms with Crippen LogP contribution in [0.5, 0.6) is 0 Å². The minimum absolute atomic E-state index is 0.0321. The van der Waals surface area contributed by atoms with E-state index in [-0.39, 0.29) is 23.5 Å². The number of nitrogens with one attached hydrogen (secondary N) is 1. The fourth-order valence-corrected chi connectivity index (χ4v) is 4.34. The maximum atomic E-state index is 12.5. The molecule has 0 bridgehead atoms. The van der Waals surface area contributed by atoms with Crippen molar-refractivity contribution in [3.05, 3.63) is 34.9 Å². The summed E-state index contributed by atoms with van der Waals surface area (Å²) in [5.41, 5.74) is 0.0534. The predicted molar refractivity (Wildman–Crippen MR) is 84.3 cm³/mol. The molecule has 1 fully saturated rings. The highest BCUT2D eigenvalue weighted by Crippen LogP contribution is 2.26. The third-order valence-corrected chi connectivity index (χ3v) is 5.97. The van der Waals surface area contributed by atoms with Crippen LogP contribution in [0.1, 0.15) is 32.3 Å². The van der Waals surface area contributed by atoms with Gasteiger partial charge in [0.15, 0.2) is 9.84 Å². The molecule has 1 saturated heterocycles. The second-order valence-corrected chi connectivity index (χ2v) is 8.73. The highest BCUT2D eigenvalue weighted by molar-refractivity contribution is 7.91. The lowest BCUT2D eigenvalue weighted by Gasteiger charge is -2.29. The summed E-state index contributed by atoms with van der Waals surface area (Å²) in [5, 5.41) is 3.45. The van der Waals surface area contributed by atoms with Gasteiger partial charge >= 0.3 is 0 Å². The number of sulfone groups is 1. The second-order valence-electron chi connectivity index (χ2n) is 6.06. The highest BCUT2D eigenvalue weighted by atomic mass is 35.5. The first-order valence-corrected chi connectivity index (χ1v) is 9.18. The third kappa shape index (κ3) is 3.98. The smallest absolute Gasteiger partial charge is 0.230 e. The summed E-state index contributed by atoms with van der Waals surface area (Å²) in [5.74, 6) is 0.0772. The molecule has 1 heterocycles. The van der Waals surface area contributed by atoms with Gasteiger partial charge in [-0.3, -0.25) is 4.79 Å². The molecular weight excluding hydrogens is 310 g/mol. The average molecular weight is 330 g/mol. The first-order chi connectivity index (χ1) is 9.71. The summed E-state index contributed by atoms with van der Waals surface area (Å²) >= 11 is 5.97. The van der Waals surface area contributed by atoms with Crippen molar-refractivity contribution < 1.29 is 13.2 Å². The van der Waals surface area contributed by atoms with Crippen molar-refractivity contribution >= 4 is 27.3 Å². The minimum Gasteiger partial charge on any atom is -0.352 e. The Morgan fingerprint density at radius 2 is 2.10 bits per heavy atom. The van der Waals surface area contributed by atoms with Crippen molar-refractivity contribution in [1.29, 1.82) is 0 Å². The Hall–Kier alpha value is -1.07. The van der Waals surface area contributed by atoms with Gasteiger partial charge in [-0.05, 0) is 44.4 Å². The van der Waals surface area contributed by atoms with Crippen LogP contribution in [0.2, 0.25) is 5.02 Å². The van der Waals surface area contributed by atoms with Crippen LogP contribution in [0.15, 0.2) is 24.3 Å². The number of hydrogen-bond acceptors (Lipinski definition) is 3. The lowest BCUT2D eigenvalue weighted by atomic mass is 9.83. The van der Waals surface area contributed by atoms with Crippen molar-refractivity contribution in [3.63, 3.8) is 0 Å². The van der Waals surface area contributed by atoms with E-state index in [4.69, 9.17) is 11.6 Å². The van der Waals surface area contributed by atoms with Crippen molar-refractivity contribution in [2.45, 2.75) is 38.1 Å². The molecule has 1 unspecified atom stereocenters. The Balaban J connectivity index is 2.12. The Kier molecular flexibility index (Phi) is 4.63. The van der Waals surface area contributed by atoms with Crippen molar-refractivity contribution in [2.24, 2.45) is 0 Å². The predicted octanol–water partition coefficient (Wildman–Crippen LogP) is 2.31. The number of halogens is 1. The molecule has 1 N–H and O–H groups in total. The first-order valence-electron chi connectivity index (χ1n) is 6.98. The van der Waals surface area contributed by atoms with Gasteiger partial charge in [-0.25, -0.2) is 8.42 Å². The minimum atomic E-state index is -3.03. The van der Waals surface area contributed by atoms with E-state index in [9.17, 15) is 13.2 Å². The van der Waals surface area contributed by atoms with E-state index in [1.165, 1.54) is 0 Å². The highest BCUT2D eigenvalue weighted by Gasteiger charge is 2.33. The van der Waals surface area contributed by atoms with Crippen molar-refractivity contribution in [3.8, 4) is 0 Å². The van der Waals surface area contributed by atoms with Crippen LogP contribution >= 0.6 is 11.6 Å². The topological polar surface area (TPSA) is 63.2 Å². The lowest BCUT2D eigenvalue weighted by Crippen LogP contribution is -2.49. The maximum Gasteiger partial charge on any atom is 0.230 e. The van der Waals surface area contributed by atoms with Crippen LogP contribution in [0.25, 0.3) is 0 Å². The summed E-state index contributed by atoms with van der Waals surface area (Å²) in [7, 11) is -3.03. The quantitative estimate of drug-likeness (QED) is 0.925. The van der Waals surface area contributed by atoms with Crippen LogP contribution < -0.4 is 5.32 Å². The summed E-state index contributed by atoms with van der Waals surface area (Å²) < 4.78 is 23.3. The third-order valence-electron chi connectivity index (χ3n) is 3.91. The van der Waals surface area contributed by atoms with Crippen molar-refractivity contribution in [1.82, 2.24) is 5.32 Å². The van der Waals surface area contributed by atoms with Gasteiger partial charge in [0.1, 0.15) is 0 Å². The van der Waals surface area contributed by atoms with E-state index in [1.54, 1.807) is 18.2 Å². The SMILES string of the molecule is CC(C)(C(=O)NC1CCCS(=O)(=O)C1)c1cccc(Cl)c1. The molecule has 116 valence electrons. The molecule has 6 heteroatoms. The van der Waals surface area contributed by atoms with E-state index < -0.39 is 15.3 Å². The van der Waals surface area contributed by atoms with Gasteiger partial charge in [0.25, 0.3) is 0 Å². The normalized spacial score (nSPS) is 21.8. The standard InChI is InChI=1S/C15H20ClNO3S/c1-15(2,11-5-3-6-12(16)9-11)14(18)17-13-7-4-8-21(19,20)10-13/h3,5-6,9,13H,4,7-8,10H2,1-2H3,(H,17,18). The molecule has 0 radical (unpaired) electrons. The zero-order chi connectivity index (χ0) is 15.7. The maximum absolute atomic E-state index is 12.5. The molecule has 1 aromatic rings. The van der Waals surface area contributed by atoms with Crippen molar-refractivity contribution in [2.75, 3.05) is 11.5 Å². The van der Waals surface area contributed by atoms with Gasteiger partial charge in [0.05, 0.1) is 16.9 Å². The average Bonchev–Trinajstić information content (AvgIpc) is 2.37. The lowest BCUT2D eigenvalue weighted by molar-refractivity contribution is -0.126. The van der Waals surface area contributed by atoms with Crippen LogP contribution in [-0.4, -0.2) is 31.9 Å². The van der Waals surface area contributed by atoms with Gasteiger partial charge in [0, 0.05) is 11.1 Å². The van der Waals surface area contributed by atoms with Crippen LogP contribution in [-0.2, 0) is 20.0 Å². The van der Waals surface area contributed by atoms with Crippen LogP contribution in [0.3, 0.4) is 0 Å².